The number of carbonyl (C=O) groups is 3. The topological polar surface area (TPSA) is 91.4 Å². The van der Waals surface area contributed by atoms with Crippen LogP contribution in [0.3, 0.4) is 0 Å². The molecular formula is C11H13NO7. The first-order chi connectivity index (χ1) is 9.15. The van der Waals surface area contributed by atoms with Gasteiger partial charge in [0.2, 0.25) is 0 Å². The van der Waals surface area contributed by atoms with E-state index in [1.807, 2.05) is 0 Å². The van der Waals surface area contributed by atoms with Crippen LogP contribution in [0.1, 0.15) is 19.3 Å². The van der Waals surface area contributed by atoms with Gasteiger partial charge in [-0.2, -0.15) is 0 Å². The summed E-state index contributed by atoms with van der Waals surface area (Å²) in [6.45, 7) is 0.791. The van der Waals surface area contributed by atoms with Gasteiger partial charge in [0.1, 0.15) is 6.10 Å². The van der Waals surface area contributed by atoms with Crippen LogP contribution in [-0.4, -0.2) is 48.6 Å². The van der Waals surface area contributed by atoms with E-state index < -0.39 is 24.1 Å². The fourth-order valence-electron chi connectivity index (χ4n) is 2.43. The number of hydroxylamine groups is 2. The summed E-state index contributed by atoms with van der Waals surface area (Å²) in [5.74, 6) is -1.09. The lowest BCUT2D eigenvalue weighted by Gasteiger charge is -2.17. The monoisotopic (exact) mass is 271 g/mol. The minimum atomic E-state index is -1.07. The lowest BCUT2D eigenvalue weighted by Crippen LogP contribution is -2.35. The van der Waals surface area contributed by atoms with Crippen LogP contribution >= 0.6 is 0 Å². The zero-order valence-corrected chi connectivity index (χ0v) is 10.1. The van der Waals surface area contributed by atoms with Crippen LogP contribution in [0.25, 0.3) is 0 Å². The molecule has 2 amide bonds. The zero-order valence-electron chi connectivity index (χ0n) is 10.1. The Hall–Kier alpha value is -1.67. The Kier molecular flexibility index (Phi) is 3.11. The lowest BCUT2D eigenvalue weighted by molar-refractivity contribution is -0.179. The molecule has 3 saturated heterocycles. The second-order valence-corrected chi connectivity index (χ2v) is 4.60. The van der Waals surface area contributed by atoms with Gasteiger partial charge in [0.25, 0.3) is 11.8 Å². The number of imide groups is 1. The molecule has 3 heterocycles. The van der Waals surface area contributed by atoms with E-state index >= 15 is 0 Å². The Labute approximate surface area is 108 Å². The fraction of sp³-hybridized carbons (Fsp3) is 0.727. The first-order valence-electron chi connectivity index (χ1n) is 6.13. The van der Waals surface area contributed by atoms with Crippen molar-refractivity contribution in [2.24, 2.45) is 5.92 Å². The Morgan fingerprint density at radius 3 is 2.68 bits per heavy atom. The van der Waals surface area contributed by atoms with Crippen LogP contribution < -0.4 is 0 Å². The first kappa shape index (κ1) is 12.4. The van der Waals surface area contributed by atoms with Gasteiger partial charge in [0.15, 0.2) is 6.29 Å². The molecule has 0 radical (unpaired) electrons. The van der Waals surface area contributed by atoms with Gasteiger partial charge in [-0.05, 0) is 6.42 Å². The predicted octanol–water partition coefficient (Wildman–Crippen LogP) is -0.0350. The summed E-state index contributed by atoms with van der Waals surface area (Å²) in [5.41, 5.74) is 0. The van der Waals surface area contributed by atoms with Crippen molar-refractivity contribution < 1.29 is 33.4 Å². The summed E-state index contributed by atoms with van der Waals surface area (Å²) >= 11 is 0. The maximum Gasteiger partial charge on any atom is 0.534 e. The highest BCUT2D eigenvalue weighted by atomic mass is 16.8. The Morgan fingerprint density at radius 1 is 1.21 bits per heavy atom. The summed E-state index contributed by atoms with van der Waals surface area (Å²) in [6, 6.07) is 0. The van der Waals surface area contributed by atoms with Gasteiger partial charge in [-0.15, -0.1) is 0 Å². The molecule has 3 atom stereocenters. The van der Waals surface area contributed by atoms with Crippen molar-refractivity contribution >= 4 is 18.0 Å². The Morgan fingerprint density at radius 2 is 1.95 bits per heavy atom. The van der Waals surface area contributed by atoms with E-state index in [0.717, 1.165) is 6.42 Å². The van der Waals surface area contributed by atoms with E-state index in [-0.39, 0.29) is 31.7 Å². The fourth-order valence-corrected chi connectivity index (χ4v) is 2.43. The molecule has 8 nitrogen and oxygen atoms in total. The van der Waals surface area contributed by atoms with Crippen LogP contribution in [-0.2, 0) is 28.6 Å². The van der Waals surface area contributed by atoms with Crippen LogP contribution in [0, 0.1) is 5.92 Å². The van der Waals surface area contributed by atoms with E-state index in [9.17, 15) is 14.4 Å². The third-order valence-corrected chi connectivity index (χ3v) is 3.40. The van der Waals surface area contributed by atoms with E-state index in [1.165, 1.54) is 0 Å². The van der Waals surface area contributed by atoms with Crippen molar-refractivity contribution in [1.29, 1.82) is 0 Å². The summed E-state index contributed by atoms with van der Waals surface area (Å²) in [7, 11) is 0. The van der Waals surface area contributed by atoms with Crippen molar-refractivity contribution in [1.82, 2.24) is 5.06 Å². The van der Waals surface area contributed by atoms with E-state index in [0.29, 0.717) is 11.7 Å². The summed E-state index contributed by atoms with van der Waals surface area (Å²) in [6.07, 6.45) is -1.02. The van der Waals surface area contributed by atoms with Gasteiger partial charge in [0.05, 0.1) is 19.1 Å². The number of nitrogens with zero attached hydrogens (tertiary/aromatic N) is 1. The first-order valence-corrected chi connectivity index (χ1v) is 6.13. The third-order valence-electron chi connectivity index (χ3n) is 3.40. The van der Waals surface area contributed by atoms with E-state index in [4.69, 9.17) is 14.2 Å². The summed E-state index contributed by atoms with van der Waals surface area (Å²) in [5, 5.41) is 0.459. The molecule has 3 aliphatic heterocycles. The highest BCUT2D eigenvalue weighted by Gasteiger charge is 2.44. The molecule has 19 heavy (non-hydrogen) atoms. The number of fused-ring (bicyclic) bond motifs is 1. The molecule has 8 heteroatoms. The van der Waals surface area contributed by atoms with Crippen molar-refractivity contribution in [3.63, 3.8) is 0 Å². The van der Waals surface area contributed by atoms with Gasteiger partial charge in [-0.25, -0.2) is 4.79 Å². The molecule has 0 spiro atoms. The minimum absolute atomic E-state index is 0.0162. The van der Waals surface area contributed by atoms with Crippen molar-refractivity contribution in [3.05, 3.63) is 0 Å². The molecule has 0 aromatic rings. The highest BCUT2D eigenvalue weighted by molar-refractivity contribution is 6.01. The number of carbonyl (C=O) groups excluding carboxylic acids is 3. The van der Waals surface area contributed by atoms with Crippen molar-refractivity contribution in [2.45, 2.75) is 31.7 Å². The van der Waals surface area contributed by atoms with Crippen LogP contribution in [0.4, 0.5) is 4.79 Å². The quantitative estimate of drug-likeness (QED) is 0.514. The number of hydrogen-bond donors (Lipinski definition) is 0. The van der Waals surface area contributed by atoms with Gasteiger partial charge in [-0.3, -0.25) is 14.4 Å². The molecule has 0 N–H and O–H groups in total. The zero-order chi connectivity index (χ0) is 13.4. The molecule has 104 valence electrons. The lowest BCUT2D eigenvalue weighted by atomic mass is 10.0. The molecule has 0 aromatic heterocycles. The number of rotatable bonds is 2. The molecule has 0 bridgehead atoms. The van der Waals surface area contributed by atoms with Gasteiger partial charge in [-0.1, -0.05) is 5.06 Å². The van der Waals surface area contributed by atoms with Crippen molar-refractivity contribution in [2.75, 3.05) is 13.2 Å². The van der Waals surface area contributed by atoms with Crippen LogP contribution in [0.5, 0.6) is 0 Å². The Bertz CT molecular complexity index is 407. The molecule has 0 saturated carbocycles. The number of hydrogen-bond acceptors (Lipinski definition) is 7. The second kappa shape index (κ2) is 4.78. The average Bonchev–Trinajstić information content (AvgIpc) is 3.03. The number of amides is 2. The molecule has 3 unspecified atom stereocenters. The molecule has 3 rings (SSSR count). The van der Waals surface area contributed by atoms with Crippen LogP contribution in [0.2, 0.25) is 0 Å². The van der Waals surface area contributed by atoms with E-state index in [2.05, 4.69) is 4.84 Å². The number of ether oxygens (including phenoxy) is 3. The maximum absolute atomic E-state index is 11.5. The molecule has 3 fully saturated rings. The highest BCUT2D eigenvalue weighted by Crippen LogP contribution is 2.33. The normalized spacial score (nSPS) is 33.7. The predicted molar refractivity (Wildman–Crippen MR) is 56.2 cm³/mol. The van der Waals surface area contributed by atoms with Gasteiger partial charge >= 0.3 is 6.16 Å². The smallest absolute Gasteiger partial charge is 0.426 e. The van der Waals surface area contributed by atoms with Crippen molar-refractivity contribution in [3.8, 4) is 0 Å². The standard InChI is InChI=1S/C11H13NO7/c13-8-1-2-9(14)12(8)19-11(15)18-7-5-17-10-6(7)3-4-16-10/h6-7,10H,1-5H2. The third kappa shape index (κ3) is 2.28. The largest absolute Gasteiger partial charge is 0.534 e. The maximum atomic E-state index is 11.5. The van der Waals surface area contributed by atoms with E-state index in [1.54, 1.807) is 0 Å². The van der Waals surface area contributed by atoms with Gasteiger partial charge in [0, 0.05) is 12.8 Å². The Balaban J connectivity index is 1.54. The minimum Gasteiger partial charge on any atom is -0.426 e. The summed E-state index contributed by atoms with van der Waals surface area (Å²) < 4.78 is 15.7. The molecule has 0 aromatic carbocycles. The molecule has 3 aliphatic rings. The SMILES string of the molecule is O=C(OC1COC2OCCC12)ON1C(=O)CCC1=O. The second-order valence-electron chi connectivity index (χ2n) is 4.60. The summed E-state index contributed by atoms with van der Waals surface area (Å²) in [4.78, 5) is 38.7. The molecule has 0 aliphatic carbocycles. The van der Waals surface area contributed by atoms with Gasteiger partial charge < -0.3 is 14.2 Å². The van der Waals surface area contributed by atoms with Crippen LogP contribution in [0.15, 0.2) is 0 Å². The molecular weight excluding hydrogens is 258 g/mol. The average molecular weight is 271 g/mol.